The van der Waals surface area contributed by atoms with Crippen LogP contribution in [0.25, 0.3) is 22.1 Å². The maximum absolute atomic E-state index is 12.9. The largest absolute Gasteiger partial charge is 0.497 e. The van der Waals surface area contributed by atoms with Gasteiger partial charge in [-0.3, -0.25) is 4.79 Å². The van der Waals surface area contributed by atoms with E-state index in [0.29, 0.717) is 28.9 Å². The Balaban J connectivity index is 1.35. The zero-order valence-corrected chi connectivity index (χ0v) is 19.1. The van der Waals surface area contributed by atoms with Gasteiger partial charge in [-0.1, -0.05) is 36.1 Å². The van der Waals surface area contributed by atoms with E-state index in [2.05, 4.69) is 4.90 Å². The highest BCUT2D eigenvalue weighted by molar-refractivity contribution is 8.22. The van der Waals surface area contributed by atoms with Gasteiger partial charge < -0.3 is 18.8 Å². The second-order valence-electron chi connectivity index (χ2n) is 7.38. The van der Waals surface area contributed by atoms with Gasteiger partial charge in [-0.05, 0) is 49.1 Å². The predicted molar refractivity (Wildman–Crippen MR) is 130 cm³/mol. The first kappa shape index (κ1) is 21.7. The lowest BCUT2D eigenvalue weighted by Gasteiger charge is -2.17. The summed E-state index contributed by atoms with van der Waals surface area (Å²) in [6.07, 6.45) is 4.89. The van der Waals surface area contributed by atoms with Crippen molar-refractivity contribution in [2.45, 2.75) is 19.3 Å². The average Bonchev–Trinajstić information content (AvgIpc) is 3.34. The summed E-state index contributed by atoms with van der Waals surface area (Å²) >= 11 is 7.20. The van der Waals surface area contributed by atoms with Crippen molar-refractivity contribution >= 4 is 39.3 Å². The third-order valence-electron chi connectivity index (χ3n) is 5.29. The van der Waals surface area contributed by atoms with Crippen LogP contribution in [0.2, 0.25) is 0 Å². The molecular formula is C24H25NO4S2. The van der Waals surface area contributed by atoms with Gasteiger partial charge >= 0.3 is 0 Å². The van der Waals surface area contributed by atoms with Crippen molar-refractivity contribution in [3.8, 4) is 22.6 Å². The highest BCUT2D eigenvalue weighted by atomic mass is 32.2. The number of thioether (sulfide) groups is 1. The minimum atomic E-state index is -0.0650. The summed E-state index contributed by atoms with van der Waals surface area (Å²) in [5.74, 6) is 2.37. The average molecular weight is 456 g/mol. The first-order valence-corrected chi connectivity index (χ1v) is 11.8. The molecule has 1 aliphatic heterocycles. The van der Waals surface area contributed by atoms with Crippen molar-refractivity contribution in [3.63, 3.8) is 0 Å². The second kappa shape index (κ2) is 10.2. The number of ether oxygens (including phenoxy) is 2. The normalized spacial score (nSPS) is 13.5. The Morgan fingerprint density at radius 2 is 1.87 bits per heavy atom. The summed E-state index contributed by atoms with van der Waals surface area (Å²) in [5, 5.41) is 0.534. The number of nitrogens with zero attached hydrogens (tertiary/aromatic N) is 1. The fourth-order valence-electron chi connectivity index (χ4n) is 3.57. The summed E-state index contributed by atoms with van der Waals surface area (Å²) in [6.45, 7) is 2.77. The second-order valence-corrected chi connectivity index (χ2v) is 9.10. The van der Waals surface area contributed by atoms with Crippen molar-refractivity contribution in [1.29, 1.82) is 0 Å². The molecule has 1 saturated heterocycles. The van der Waals surface area contributed by atoms with Gasteiger partial charge in [0.25, 0.3) is 0 Å². The molecule has 162 valence electrons. The Hall–Kier alpha value is -2.51. The maximum Gasteiger partial charge on any atom is 0.200 e. The maximum atomic E-state index is 12.9. The van der Waals surface area contributed by atoms with Gasteiger partial charge in [0.2, 0.25) is 0 Å². The molecule has 2 heterocycles. The van der Waals surface area contributed by atoms with Crippen LogP contribution in [0, 0.1) is 0 Å². The molecule has 2 aromatic carbocycles. The van der Waals surface area contributed by atoms with Crippen molar-refractivity contribution in [2.75, 3.05) is 32.6 Å². The number of benzene rings is 2. The molecule has 0 aliphatic carbocycles. The van der Waals surface area contributed by atoms with E-state index in [4.69, 9.17) is 26.1 Å². The van der Waals surface area contributed by atoms with E-state index >= 15 is 0 Å². The number of likely N-dealkylation sites (tertiary alicyclic amines) is 1. The van der Waals surface area contributed by atoms with Gasteiger partial charge in [0, 0.05) is 24.9 Å². The monoisotopic (exact) mass is 455 g/mol. The van der Waals surface area contributed by atoms with Crippen LogP contribution in [-0.4, -0.2) is 41.8 Å². The summed E-state index contributed by atoms with van der Waals surface area (Å²) in [6, 6.07) is 12.7. The van der Waals surface area contributed by atoms with Crippen LogP contribution in [0.3, 0.4) is 0 Å². The topological polar surface area (TPSA) is 51.9 Å². The molecule has 1 fully saturated rings. The van der Waals surface area contributed by atoms with Gasteiger partial charge in [-0.25, -0.2) is 0 Å². The Bertz CT molecular complexity index is 1100. The lowest BCUT2D eigenvalue weighted by atomic mass is 10.1. The highest BCUT2D eigenvalue weighted by Gasteiger charge is 2.14. The van der Waals surface area contributed by atoms with E-state index in [9.17, 15) is 4.79 Å². The van der Waals surface area contributed by atoms with Gasteiger partial charge in [-0.2, -0.15) is 0 Å². The highest BCUT2D eigenvalue weighted by Crippen LogP contribution is 2.25. The van der Waals surface area contributed by atoms with Crippen LogP contribution in [-0.2, 0) is 0 Å². The summed E-state index contributed by atoms with van der Waals surface area (Å²) in [7, 11) is 1.61. The van der Waals surface area contributed by atoms with E-state index in [1.165, 1.54) is 19.1 Å². The number of methoxy groups -OCH3 is 1. The molecule has 0 amide bonds. The van der Waals surface area contributed by atoms with Crippen LogP contribution in [0.15, 0.2) is 57.9 Å². The first-order chi connectivity index (χ1) is 15.2. The van der Waals surface area contributed by atoms with Crippen LogP contribution in [0.1, 0.15) is 19.3 Å². The fraction of sp³-hybridized carbons (Fsp3) is 0.333. The predicted octanol–water partition coefficient (Wildman–Crippen LogP) is 5.35. The molecule has 1 aliphatic rings. The molecule has 0 unspecified atom stereocenters. The van der Waals surface area contributed by atoms with Gasteiger partial charge in [0.15, 0.2) is 5.43 Å². The zero-order chi connectivity index (χ0) is 21.6. The molecule has 7 heteroatoms. The molecule has 0 saturated carbocycles. The molecule has 5 nitrogen and oxygen atoms in total. The third kappa shape index (κ3) is 5.22. The molecule has 4 rings (SSSR count). The quantitative estimate of drug-likeness (QED) is 0.351. The molecule has 31 heavy (non-hydrogen) atoms. The Morgan fingerprint density at radius 1 is 1.13 bits per heavy atom. The minimum absolute atomic E-state index is 0.0650. The van der Waals surface area contributed by atoms with Crippen molar-refractivity contribution in [3.05, 3.63) is 59.0 Å². The molecule has 0 spiro atoms. The SMILES string of the molecule is COc1ccc(-c2coc3cc(OCCCSC(=S)N4CCCC4)ccc3c2=O)cc1. The number of hydrogen-bond donors (Lipinski definition) is 0. The number of fused-ring (bicyclic) bond motifs is 1. The molecule has 0 radical (unpaired) electrons. The van der Waals surface area contributed by atoms with Gasteiger partial charge in [-0.15, -0.1) is 0 Å². The van der Waals surface area contributed by atoms with Crippen LogP contribution >= 0.6 is 24.0 Å². The van der Waals surface area contributed by atoms with Crippen LogP contribution in [0.5, 0.6) is 11.5 Å². The molecule has 0 bridgehead atoms. The smallest absolute Gasteiger partial charge is 0.200 e. The van der Waals surface area contributed by atoms with E-state index in [1.54, 1.807) is 31.0 Å². The fourth-order valence-corrected chi connectivity index (χ4v) is 4.80. The van der Waals surface area contributed by atoms with Crippen molar-refractivity contribution < 1.29 is 13.9 Å². The summed E-state index contributed by atoms with van der Waals surface area (Å²) in [5.41, 5.74) is 1.77. The Morgan fingerprint density at radius 3 is 2.61 bits per heavy atom. The van der Waals surface area contributed by atoms with E-state index < -0.39 is 0 Å². The zero-order valence-electron chi connectivity index (χ0n) is 17.5. The van der Waals surface area contributed by atoms with Crippen molar-refractivity contribution in [2.24, 2.45) is 0 Å². The molecule has 3 aromatic rings. The Labute approximate surface area is 191 Å². The van der Waals surface area contributed by atoms with Crippen molar-refractivity contribution in [1.82, 2.24) is 4.90 Å². The first-order valence-electron chi connectivity index (χ1n) is 10.4. The lowest BCUT2D eigenvalue weighted by Crippen LogP contribution is -2.23. The molecule has 0 N–H and O–H groups in total. The van der Waals surface area contributed by atoms with Gasteiger partial charge in [0.05, 0.1) is 24.7 Å². The summed E-state index contributed by atoms with van der Waals surface area (Å²) in [4.78, 5) is 15.2. The minimum Gasteiger partial charge on any atom is -0.497 e. The van der Waals surface area contributed by atoms with Gasteiger partial charge in [0.1, 0.15) is 27.7 Å². The number of hydrogen-bond acceptors (Lipinski definition) is 6. The van der Waals surface area contributed by atoms with Crippen LogP contribution in [0.4, 0.5) is 0 Å². The third-order valence-corrected chi connectivity index (χ3v) is 6.90. The lowest BCUT2D eigenvalue weighted by molar-refractivity contribution is 0.318. The van der Waals surface area contributed by atoms with E-state index in [0.717, 1.165) is 40.9 Å². The number of thiocarbonyl (C=S) groups is 1. The van der Waals surface area contributed by atoms with E-state index in [-0.39, 0.29) is 5.43 Å². The molecular weight excluding hydrogens is 430 g/mol. The Kier molecular flexibility index (Phi) is 7.14. The standard InChI is InChI=1S/C24H25NO4S2/c1-27-18-7-5-17(6-8-18)21-16-29-22-15-19(9-10-20(22)23(21)26)28-13-4-14-31-24(30)25-11-2-3-12-25/h5-10,15-16H,2-4,11-14H2,1H3. The summed E-state index contributed by atoms with van der Waals surface area (Å²) < 4.78 is 17.8. The number of rotatable bonds is 7. The van der Waals surface area contributed by atoms with E-state index in [1.807, 2.05) is 30.3 Å². The molecule has 0 atom stereocenters. The molecule has 1 aromatic heterocycles. The van der Waals surface area contributed by atoms with Crippen LogP contribution < -0.4 is 14.9 Å².